The summed E-state index contributed by atoms with van der Waals surface area (Å²) >= 11 is 1.52. The zero-order valence-electron chi connectivity index (χ0n) is 15.8. The lowest BCUT2D eigenvalue weighted by atomic mass is 10.1. The highest BCUT2D eigenvalue weighted by Crippen LogP contribution is 2.19. The molecular weight excluding hydrogens is 377 g/mol. The number of amides is 2. The summed E-state index contributed by atoms with van der Waals surface area (Å²) in [6, 6.07) is 8.32. The van der Waals surface area contributed by atoms with Crippen molar-refractivity contribution >= 4 is 17.4 Å². The zero-order valence-corrected chi connectivity index (χ0v) is 16.6. The maximum absolute atomic E-state index is 13.3. The number of H-pyrrole nitrogens is 1. The first kappa shape index (κ1) is 20.0. The molecule has 2 heterocycles. The highest BCUT2D eigenvalue weighted by molar-refractivity contribution is 7.07. The molecule has 0 saturated heterocycles. The third-order valence-electron chi connectivity index (χ3n) is 4.44. The van der Waals surface area contributed by atoms with Crippen molar-refractivity contribution in [2.24, 2.45) is 0 Å². The minimum absolute atomic E-state index is 0.0821. The monoisotopic (exact) mass is 401 g/mol. The second-order valence-corrected chi connectivity index (χ2v) is 7.38. The summed E-state index contributed by atoms with van der Waals surface area (Å²) in [7, 11) is 1.80. The van der Waals surface area contributed by atoms with E-state index in [2.05, 4.69) is 20.5 Å². The molecule has 0 bridgehead atoms. The summed E-state index contributed by atoms with van der Waals surface area (Å²) in [6.07, 6.45) is 3.82. The van der Waals surface area contributed by atoms with Crippen molar-refractivity contribution in [2.75, 3.05) is 13.6 Å². The first-order valence-electron chi connectivity index (χ1n) is 9.28. The van der Waals surface area contributed by atoms with Crippen LogP contribution in [-0.2, 0) is 13.0 Å². The minimum atomic E-state index is -0.262. The number of aromatic amines is 1. The Labute approximate surface area is 167 Å². The first-order chi connectivity index (χ1) is 13.6. The summed E-state index contributed by atoms with van der Waals surface area (Å²) in [5, 5.41) is 12.1. The number of aryl methyl sites for hydroxylation is 1. The second-order valence-electron chi connectivity index (χ2n) is 6.66. The van der Waals surface area contributed by atoms with Crippen molar-refractivity contribution in [1.82, 2.24) is 25.4 Å². The number of carbonyl (C=O) groups is 1. The Bertz CT molecular complexity index is 880. The summed E-state index contributed by atoms with van der Waals surface area (Å²) in [5.41, 5.74) is 5.20. The number of nitrogens with one attached hydrogen (secondary N) is 2. The van der Waals surface area contributed by atoms with Gasteiger partial charge in [0, 0.05) is 30.2 Å². The van der Waals surface area contributed by atoms with Gasteiger partial charge >= 0.3 is 6.03 Å². The molecule has 28 heavy (non-hydrogen) atoms. The molecule has 6 nitrogen and oxygen atoms in total. The van der Waals surface area contributed by atoms with E-state index in [4.69, 9.17) is 0 Å². The molecule has 0 aliphatic carbocycles. The van der Waals surface area contributed by atoms with Crippen molar-refractivity contribution in [2.45, 2.75) is 32.2 Å². The van der Waals surface area contributed by atoms with Crippen molar-refractivity contribution in [3.8, 4) is 11.3 Å². The Hall–Kier alpha value is -2.74. The van der Waals surface area contributed by atoms with Gasteiger partial charge in [-0.05, 0) is 37.5 Å². The normalized spacial score (nSPS) is 10.8. The van der Waals surface area contributed by atoms with E-state index < -0.39 is 0 Å². The maximum atomic E-state index is 13.3. The molecule has 3 aromatic rings. The molecule has 0 aliphatic rings. The van der Waals surface area contributed by atoms with Crippen LogP contribution in [0.2, 0.25) is 0 Å². The summed E-state index contributed by atoms with van der Waals surface area (Å²) in [5.74, 6) is -0.262. The average Bonchev–Trinajstić information content (AvgIpc) is 3.37. The van der Waals surface area contributed by atoms with Gasteiger partial charge in [-0.15, -0.1) is 11.3 Å². The number of urea groups is 1. The molecule has 1 aromatic carbocycles. The zero-order chi connectivity index (χ0) is 19.8. The third-order valence-corrected chi connectivity index (χ3v) is 5.08. The molecule has 0 saturated carbocycles. The highest BCUT2D eigenvalue weighted by Gasteiger charge is 2.08. The van der Waals surface area contributed by atoms with E-state index >= 15 is 0 Å². The largest absolute Gasteiger partial charge is 0.332 e. The number of carbonyl (C=O) groups excluding carboxylic acids is 1. The van der Waals surface area contributed by atoms with Crippen LogP contribution < -0.4 is 5.32 Å². The molecule has 148 valence electrons. The molecule has 8 heteroatoms. The molecule has 0 unspecified atom stereocenters. The van der Waals surface area contributed by atoms with E-state index in [9.17, 15) is 9.18 Å². The number of nitrogens with zero attached hydrogens (tertiary/aromatic N) is 3. The summed E-state index contributed by atoms with van der Waals surface area (Å²) < 4.78 is 13.3. The van der Waals surface area contributed by atoms with Gasteiger partial charge in [0.05, 0.1) is 23.4 Å². The van der Waals surface area contributed by atoms with Crippen LogP contribution in [0.3, 0.4) is 0 Å². The summed E-state index contributed by atoms with van der Waals surface area (Å²) in [4.78, 5) is 17.9. The Morgan fingerprint density at radius 3 is 2.96 bits per heavy atom. The van der Waals surface area contributed by atoms with Crippen molar-refractivity contribution in [3.05, 3.63) is 58.4 Å². The number of rotatable bonds is 9. The first-order valence-corrected chi connectivity index (χ1v) is 10.2. The number of unbranched alkanes of at least 4 members (excludes halogenated alkanes) is 2. The van der Waals surface area contributed by atoms with Crippen LogP contribution in [0.1, 0.15) is 30.7 Å². The number of thiazole rings is 1. The maximum Gasteiger partial charge on any atom is 0.317 e. The van der Waals surface area contributed by atoms with E-state index in [0.29, 0.717) is 13.1 Å². The van der Waals surface area contributed by atoms with Gasteiger partial charge in [0.15, 0.2) is 0 Å². The number of hydrogen-bond donors (Lipinski definition) is 2. The average molecular weight is 402 g/mol. The molecule has 3 rings (SSSR count). The van der Waals surface area contributed by atoms with E-state index in [1.54, 1.807) is 23.5 Å². The predicted octanol–water partition coefficient (Wildman–Crippen LogP) is 4.23. The molecule has 2 aromatic heterocycles. The van der Waals surface area contributed by atoms with Crippen molar-refractivity contribution < 1.29 is 9.18 Å². The van der Waals surface area contributed by atoms with E-state index in [1.807, 2.05) is 17.5 Å². The van der Waals surface area contributed by atoms with Gasteiger partial charge in [-0.1, -0.05) is 18.6 Å². The standard InChI is InChI=1S/C20H24FN5OS/c1-26(20(27)22-12-18-13-28-14-23-18)9-4-2-3-8-17-11-19(25-24-17)15-6-5-7-16(21)10-15/h5-7,10-11,13-14H,2-4,8-9,12H2,1H3,(H,22,27)(H,24,25). The summed E-state index contributed by atoms with van der Waals surface area (Å²) in [6.45, 7) is 1.17. The molecular formula is C20H24FN5OS. The fourth-order valence-corrected chi connectivity index (χ4v) is 3.41. The Balaban J connectivity index is 1.33. The number of benzene rings is 1. The van der Waals surface area contributed by atoms with Crippen LogP contribution in [0.5, 0.6) is 0 Å². The number of halogens is 1. The lowest BCUT2D eigenvalue weighted by Gasteiger charge is -2.17. The minimum Gasteiger partial charge on any atom is -0.332 e. The molecule has 0 atom stereocenters. The highest BCUT2D eigenvalue weighted by atomic mass is 32.1. The van der Waals surface area contributed by atoms with Crippen LogP contribution in [0.15, 0.2) is 41.2 Å². The van der Waals surface area contributed by atoms with Gasteiger partial charge in [-0.2, -0.15) is 5.10 Å². The van der Waals surface area contributed by atoms with E-state index in [1.165, 1.54) is 23.5 Å². The van der Waals surface area contributed by atoms with Crippen LogP contribution in [0.4, 0.5) is 9.18 Å². The van der Waals surface area contributed by atoms with Gasteiger partial charge < -0.3 is 10.2 Å². The third kappa shape index (κ3) is 5.88. The van der Waals surface area contributed by atoms with Gasteiger partial charge in [0.2, 0.25) is 0 Å². The molecule has 0 fully saturated rings. The van der Waals surface area contributed by atoms with Crippen LogP contribution in [0.25, 0.3) is 11.3 Å². The molecule has 0 aliphatic heterocycles. The quantitative estimate of drug-likeness (QED) is 0.527. The van der Waals surface area contributed by atoms with Crippen LogP contribution in [0, 0.1) is 5.82 Å². The molecule has 2 amide bonds. The fraction of sp³-hybridized carbons (Fsp3) is 0.350. The van der Waals surface area contributed by atoms with Gasteiger partial charge in [0.1, 0.15) is 5.82 Å². The predicted molar refractivity (Wildman–Crippen MR) is 109 cm³/mol. The van der Waals surface area contributed by atoms with Crippen LogP contribution in [-0.4, -0.2) is 39.7 Å². The van der Waals surface area contributed by atoms with E-state index in [0.717, 1.165) is 48.3 Å². The van der Waals surface area contributed by atoms with E-state index in [-0.39, 0.29) is 11.8 Å². The number of aromatic nitrogens is 3. The smallest absolute Gasteiger partial charge is 0.317 e. The molecule has 0 radical (unpaired) electrons. The number of hydrogen-bond acceptors (Lipinski definition) is 4. The van der Waals surface area contributed by atoms with Crippen molar-refractivity contribution in [1.29, 1.82) is 0 Å². The lowest BCUT2D eigenvalue weighted by Crippen LogP contribution is -2.37. The Kier molecular flexibility index (Phi) is 7.13. The topological polar surface area (TPSA) is 73.9 Å². The SMILES string of the molecule is CN(CCCCCc1cc(-c2cccc(F)c2)n[nH]1)C(=O)NCc1cscn1. The fourth-order valence-electron chi connectivity index (χ4n) is 2.85. The lowest BCUT2D eigenvalue weighted by molar-refractivity contribution is 0.207. The molecule has 0 spiro atoms. The van der Waals surface area contributed by atoms with Gasteiger partial charge in [-0.25, -0.2) is 14.2 Å². The van der Waals surface area contributed by atoms with Crippen LogP contribution >= 0.6 is 11.3 Å². The Morgan fingerprint density at radius 1 is 1.29 bits per heavy atom. The van der Waals surface area contributed by atoms with Crippen molar-refractivity contribution in [3.63, 3.8) is 0 Å². The molecule has 2 N–H and O–H groups in total. The second kappa shape index (κ2) is 9.98. The van der Waals surface area contributed by atoms with Gasteiger partial charge in [0.25, 0.3) is 0 Å². The van der Waals surface area contributed by atoms with Gasteiger partial charge in [-0.3, -0.25) is 5.10 Å². The Morgan fingerprint density at radius 2 is 2.18 bits per heavy atom.